The number of fused-ring (bicyclic) bond motifs is 2. The summed E-state index contributed by atoms with van der Waals surface area (Å²) in [5, 5.41) is 3.48. The molecule has 3 N–H and O–H groups in total. The number of nitrogens with two attached hydrogens (primary N) is 1. The van der Waals surface area contributed by atoms with Crippen molar-refractivity contribution in [1.29, 1.82) is 0 Å². The monoisotopic (exact) mass is 372 g/mol. The van der Waals surface area contributed by atoms with Gasteiger partial charge in [-0.3, -0.25) is 4.79 Å². The largest absolute Gasteiger partial charge is 0.493 e. The van der Waals surface area contributed by atoms with Crippen molar-refractivity contribution in [2.24, 2.45) is 23.5 Å². The number of anilines is 1. The predicted molar refractivity (Wildman–Crippen MR) is 86.6 cm³/mol. The number of rotatable bonds is 3. The molecule has 0 aromatic heterocycles. The fourth-order valence-electron chi connectivity index (χ4n) is 3.80. The molecule has 1 aromatic rings. The van der Waals surface area contributed by atoms with Gasteiger partial charge in [0.2, 0.25) is 5.91 Å². The van der Waals surface area contributed by atoms with Crippen LogP contribution in [0.15, 0.2) is 16.6 Å². The van der Waals surface area contributed by atoms with E-state index in [2.05, 4.69) is 21.2 Å². The topological polar surface area (TPSA) is 64.3 Å². The molecule has 21 heavy (non-hydrogen) atoms. The molecular weight excluding hydrogens is 356 g/mol. The van der Waals surface area contributed by atoms with E-state index in [1.165, 1.54) is 0 Å². The van der Waals surface area contributed by atoms with Crippen LogP contribution in [0.3, 0.4) is 0 Å². The average Bonchev–Trinajstić information content (AvgIpc) is 2.98. The molecule has 114 valence electrons. The second-order valence-corrected chi connectivity index (χ2v) is 7.18. The van der Waals surface area contributed by atoms with Crippen LogP contribution in [0.2, 0.25) is 5.02 Å². The predicted octanol–water partition coefficient (Wildman–Crippen LogP) is 3.42. The summed E-state index contributed by atoms with van der Waals surface area (Å²) in [5.41, 5.74) is 6.80. The number of methoxy groups -OCH3 is 1. The molecule has 4 atom stereocenters. The number of ether oxygens (including phenoxy) is 1. The standard InChI is InChI=1S/C15H18BrClN2O2/c1-21-14-10(16)5-9(17)6-11(14)19-15(20)12-7-2-3-8(4-7)13(12)18/h5-8,12-13H,2-4,18H2,1H3,(H,19,20). The lowest BCUT2D eigenvalue weighted by molar-refractivity contribution is -0.121. The summed E-state index contributed by atoms with van der Waals surface area (Å²) in [6.45, 7) is 0. The number of benzene rings is 1. The van der Waals surface area contributed by atoms with Crippen LogP contribution in [0.25, 0.3) is 0 Å². The molecule has 2 saturated carbocycles. The molecule has 2 aliphatic rings. The molecule has 2 fully saturated rings. The van der Waals surface area contributed by atoms with Gasteiger partial charge in [-0.05, 0) is 59.2 Å². The summed E-state index contributed by atoms with van der Waals surface area (Å²) in [5.74, 6) is 1.36. The zero-order valence-electron chi connectivity index (χ0n) is 11.7. The molecule has 3 rings (SSSR count). The van der Waals surface area contributed by atoms with Gasteiger partial charge >= 0.3 is 0 Å². The highest BCUT2D eigenvalue weighted by Gasteiger charge is 2.49. The number of nitrogens with one attached hydrogen (secondary N) is 1. The molecule has 0 aliphatic heterocycles. The van der Waals surface area contributed by atoms with Gasteiger partial charge in [0.05, 0.1) is 23.2 Å². The average molecular weight is 374 g/mol. The van der Waals surface area contributed by atoms with Crippen molar-refractivity contribution in [2.75, 3.05) is 12.4 Å². The second kappa shape index (κ2) is 5.78. The van der Waals surface area contributed by atoms with Gasteiger partial charge < -0.3 is 15.8 Å². The van der Waals surface area contributed by atoms with E-state index in [-0.39, 0.29) is 17.9 Å². The molecular formula is C15H18BrClN2O2. The highest BCUT2D eigenvalue weighted by Crippen LogP contribution is 2.48. The Morgan fingerprint density at radius 3 is 2.76 bits per heavy atom. The van der Waals surface area contributed by atoms with E-state index in [1.54, 1.807) is 19.2 Å². The minimum absolute atomic E-state index is 0.0258. The molecule has 1 aromatic carbocycles. The summed E-state index contributed by atoms with van der Waals surface area (Å²) in [6, 6.07) is 3.40. The van der Waals surface area contributed by atoms with Crippen LogP contribution in [0.4, 0.5) is 5.69 Å². The van der Waals surface area contributed by atoms with Gasteiger partial charge in [0.25, 0.3) is 0 Å². The highest BCUT2D eigenvalue weighted by molar-refractivity contribution is 9.10. The summed E-state index contributed by atoms with van der Waals surface area (Å²) >= 11 is 9.44. The van der Waals surface area contributed by atoms with Gasteiger partial charge in [0.15, 0.2) is 5.75 Å². The van der Waals surface area contributed by atoms with Crippen molar-refractivity contribution in [3.63, 3.8) is 0 Å². The molecule has 6 heteroatoms. The highest BCUT2D eigenvalue weighted by atomic mass is 79.9. The fourth-order valence-corrected chi connectivity index (χ4v) is 4.77. The van der Waals surface area contributed by atoms with E-state index in [0.717, 1.165) is 19.3 Å². The van der Waals surface area contributed by atoms with Crippen molar-refractivity contribution >= 4 is 39.1 Å². The summed E-state index contributed by atoms with van der Waals surface area (Å²) in [7, 11) is 1.56. The van der Waals surface area contributed by atoms with Crippen LogP contribution in [0.1, 0.15) is 19.3 Å². The van der Waals surface area contributed by atoms with E-state index in [1.807, 2.05) is 0 Å². The maximum Gasteiger partial charge on any atom is 0.229 e. The third-order valence-electron chi connectivity index (χ3n) is 4.75. The van der Waals surface area contributed by atoms with Gasteiger partial charge in [-0.15, -0.1) is 0 Å². The zero-order valence-corrected chi connectivity index (χ0v) is 14.1. The van der Waals surface area contributed by atoms with E-state index in [4.69, 9.17) is 22.1 Å². The number of carbonyl (C=O) groups excluding carboxylic acids is 1. The van der Waals surface area contributed by atoms with Gasteiger partial charge in [0, 0.05) is 11.1 Å². The molecule has 4 unspecified atom stereocenters. The molecule has 4 nitrogen and oxygen atoms in total. The maximum atomic E-state index is 12.6. The molecule has 2 aliphatic carbocycles. The van der Waals surface area contributed by atoms with Crippen molar-refractivity contribution in [3.8, 4) is 5.75 Å². The molecule has 0 radical (unpaired) electrons. The first-order chi connectivity index (χ1) is 10.0. The van der Waals surface area contributed by atoms with E-state index in [9.17, 15) is 4.79 Å². The molecule has 0 heterocycles. The first-order valence-electron chi connectivity index (χ1n) is 7.10. The Morgan fingerprint density at radius 1 is 1.43 bits per heavy atom. The Hall–Kier alpha value is -0.780. The SMILES string of the molecule is COc1c(Br)cc(Cl)cc1NC(=O)C1C2CCC(C2)C1N. The Balaban J connectivity index is 1.82. The lowest BCUT2D eigenvalue weighted by atomic mass is 9.84. The third-order valence-corrected chi connectivity index (χ3v) is 5.56. The van der Waals surface area contributed by atoms with Crippen molar-refractivity contribution in [2.45, 2.75) is 25.3 Å². The number of hydrogen-bond donors (Lipinski definition) is 2. The molecule has 0 saturated heterocycles. The summed E-state index contributed by atoms with van der Waals surface area (Å²) in [6.07, 6.45) is 3.34. The Labute approximate surface area is 137 Å². The number of amides is 1. The zero-order chi connectivity index (χ0) is 15.1. The normalized spacial score (nSPS) is 30.5. The van der Waals surface area contributed by atoms with Crippen LogP contribution >= 0.6 is 27.5 Å². The first-order valence-corrected chi connectivity index (χ1v) is 8.28. The molecule has 1 amide bonds. The smallest absolute Gasteiger partial charge is 0.229 e. The lowest BCUT2D eigenvalue weighted by Crippen LogP contribution is -2.42. The maximum absolute atomic E-state index is 12.6. The lowest BCUT2D eigenvalue weighted by Gasteiger charge is -2.27. The van der Waals surface area contributed by atoms with E-state index < -0.39 is 0 Å². The molecule has 2 bridgehead atoms. The second-order valence-electron chi connectivity index (χ2n) is 5.89. The molecule has 0 spiro atoms. The van der Waals surface area contributed by atoms with Crippen LogP contribution in [0, 0.1) is 17.8 Å². The van der Waals surface area contributed by atoms with E-state index in [0.29, 0.717) is 32.8 Å². The Kier molecular flexibility index (Phi) is 4.17. The van der Waals surface area contributed by atoms with Crippen LogP contribution in [0.5, 0.6) is 5.75 Å². The Bertz CT molecular complexity index is 579. The summed E-state index contributed by atoms with van der Waals surface area (Å²) < 4.78 is 6.04. The quantitative estimate of drug-likeness (QED) is 0.853. The fraction of sp³-hybridized carbons (Fsp3) is 0.533. The van der Waals surface area contributed by atoms with Crippen molar-refractivity contribution < 1.29 is 9.53 Å². The van der Waals surface area contributed by atoms with Crippen LogP contribution in [-0.2, 0) is 4.79 Å². The first kappa shape index (κ1) is 15.1. The van der Waals surface area contributed by atoms with Gasteiger partial charge in [-0.1, -0.05) is 11.6 Å². The van der Waals surface area contributed by atoms with Gasteiger partial charge in [0.1, 0.15) is 0 Å². The minimum atomic E-state index is -0.105. The van der Waals surface area contributed by atoms with Gasteiger partial charge in [-0.25, -0.2) is 0 Å². The van der Waals surface area contributed by atoms with Gasteiger partial charge in [-0.2, -0.15) is 0 Å². The van der Waals surface area contributed by atoms with E-state index >= 15 is 0 Å². The summed E-state index contributed by atoms with van der Waals surface area (Å²) in [4.78, 5) is 12.6. The van der Waals surface area contributed by atoms with Crippen LogP contribution < -0.4 is 15.8 Å². The Morgan fingerprint density at radius 2 is 2.14 bits per heavy atom. The minimum Gasteiger partial charge on any atom is -0.493 e. The number of carbonyl (C=O) groups is 1. The number of hydrogen-bond acceptors (Lipinski definition) is 3. The van der Waals surface area contributed by atoms with Crippen molar-refractivity contribution in [1.82, 2.24) is 0 Å². The van der Waals surface area contributed by atoms with Crippen molar-refractivity contribution in [3.05, 3.63) is 21.6 Å². The third kappa shape index (κ3) is 2.67. The van der Waals surface area contributed by atoms with Crippen LogP contribution in [-0.4, -0.2) is 19.1 Å². The number of halogens is 2.